The summed E-state index contributed by atoms with van der Waals surface area (Å²) in [5.41, 5.74) is 1.10. The van der Waals surface area contributed by atoms with Crippen LogP contribution >= 0.6 is 0 Å². The summed E-state index contributed by atoms with van der Waals surface area (Å²) >= 11 is 0. The second kappa shape index (κ2) is 10.8. The summed E-state index contributed by atoms with van der Waals surface area (Å²) in [6.07, 6.45) is 6.82. The Bertz CT molecular complexity index is 738. The van der Waals surface area contributed by atoms with E-state index in [-0.39, 0.29) is 18.3 Å². The summed E-state index contributed by atoms with van der Waals surface area (Å²) in [5.74, 6) is 3.25. The molecule has 0 radical (unpaired) electrons. The normalized spacial score (nSPS) is 10.0. The molecule has 0 fully saturated rings. The monoisotopic (exact) mass is 355 g/mol. The van der Waals surface area contributed by atoms with Crippen molar-refractivity contribution in [3.05, 3.63) is 59.9 Å². The minimum Gasteiger partial charge on any atom is -0.493 e. The molecule has 1 N–H and O–H groups in total. The molecule has 2 aromatic carbocycles. The van der Waals surface area contributed by atoms with Crippen LogP contribution in [0.1, 0.15) is 18.4 Å². The standard InChI is InChI=1S/C21H22FNO3/c1-2-14-25-19-10-8-17(9-11-19)12-13-23-21(24)7-4-15-26-20-6-3-5-18(22)16-20/h1,3,5-6,8-11,16H,4,7,12-15H2,(H,23,24). The molecule has 1 amide bonds. The Morgan fingerprint density at radius 1 is 1.12 bits per heavy atom. The quantitative estimate of drug-likeness (QED) is 0.525. The lowest BCUT2D eigenvalue weighted by atomic mass is 10.1. The first-order valence-corrected chi connectivity index (χ1v) is 8.47. The summed E-state index contributed by atoms with van der Waals surface area (Å²) < 4.78 is 23.7. The molecule has 0 saturated heterocycles. The van der Waals surface area contributed by atoms with Crippen LogP contribution in [0.4, 0.5) is 4.39 Å². The van der Waals surface area contributed by atoms with Gasteiger partial charge in [-0.05, 0) is 42.7 Å². The first kappa shape index (κ1) is 19.3. The molecule has 4 nitrogen and oxygen atoms in total. The lowest BCUT2D eigenvalue weighted by Gasteiger charge is -2.08. The number of carbonyl (C=O) groups excluding carboxylic acids is 1. The number of nitrogens with one attached hydrogen (secondary N) is 1. The Morgan fingerprint density at radius 2 is 1.92 bits per heavy atom. The van der Waals surface area contributed by atoms with Crippen LogP contribution in [0, 0.1) is 18.2 Å². The smallest absolute Gasteiger partial charge is 0.220 e. The molecule has 0 unspecified atom stereocenters. The zero-order valence-corrected chi connectivity index (χ0v) is 14.5. The average molecular weight is 355 g/mol. The van der Waals surface area contributed by atoms with Crippen LogP contribution in [0.3, 0.4) is 0 Å². The van der Waals surface area contributed by atoms with E-state index >= 15 is 0 Å². The fourth-order valence-electron chi connectivity index (χ4n) is 2.29. The molecule has 2 aromatic rings. The number of hydrogen-bond acceptors (Lipinski definition) is 3. The fourth-order valence-corrected chi connectivity index (χ4v) is 2.29. The summed E-state index contributed by atoms with van der Waals surface area (Å²) in [6.45, 7) is 1.18. The lowest BCUT2D eigenvalue weighted by Crippen LogP contribution is -2.25. The van der Waals surface area contributed by atoms with Gasteiger partial charge in [-0.25, -0.2) is 4.39 Å². The first-order chi connectivity index (χ1) is 12.7. The number of halogens is 1. The number of amides is 1. The molecule has 0 aromatic heterocycles. The van der Waals surface area contributed by atoms with Crippen LogP contribution in [0.25, 0.3) is 0 Å². The minimum atomic E-state index is -0.337. The largest absolute Gasteiger partial charge is 0.493 e. The van der Waals surface area contributed by atoms with Crippen LogP contribution in [0.5, 0.6) is 11.5 Å². The topological polar surface area (TPSA) is 47.6 Å². The molecular weight excluding hydrogens is 333 g/mol. The van der Waals surface area contributed by atoms with Gasteiger partial charge in [-0.3, -0.25) is 4.79 Å². The van der Waals surface area contributed by atoms with Gasteiger partial charge in [-0.15, -0.1) is 6.42 Å². The van der Waals surface area contributed by atoms with Gasteiger partial charge in [0.15, 0.2) is 0 Å². The van der Waals surface area contributed by atoms with E-state index in [1.165, 1.54) is 12.1 Å². The van der Waals surface area contributed by atoms with Gasteiger partial charge in [0, 0.05) is 19.0 Å². The lowest BCUT2D eigenvalue weighted by molar-refractivity contribution is -0.121. The second-order valence-corrected chi connectivity index (χ2v) is 5.65. The summed E-state index contributed by atoms with van der Waals surface area (Å²) in [7, 11) is 0. The SMILES string of the molecule is C#CCOc1ccc(CCNC(=O)CCCOc2cccc(F)c2)cc1. The zero-order valence-electron chi connectivity index (χ0n) is 14.5. The van der Waals surface area contributed by atoms with Gasteiger partial charge >= 0.3 is 0 Å². The Morgan fingerprint density at radius 3 is 2.65 bits per heavy atom. The highest BCUT2D eigenvalue weighted by molar-refractivity contribution is 5.75. The van der Waals surface area contributed by atoms with E-state index in [4.69, 9.17) is 15.9 Å². The van der Waals surface area contributed by atoms with E-state index in [9.17, 15) is 9.18 Å². The van der Waals surface area contributed by atoms with Gasteiger partial charge in [0.05, 0.1) is 6.61 Å². The van der Waals surface area contributed by atoms with Crippen molar-refractivity contribution in [1.82, 2.24) is 5.32 Å². The third-order valence-electron chi connectivity index (χ3n) is 3.59. The molecule has 0 heterocycles. The maximum atomic E-state index is 13.0. The van der Waals surface area contributed by atoms with Crippen molar-refractivity contribution in [2.75, 3.05) is 19.8 Å². The summed E-state index contributed by atoms with van der Waals surface area (Å²) in [5, 5.41) is 2.88. The van der Waals surface area contributed by atoms with Crippen LogP contribution in [0.2, 0.25) is 0 Å². The molecule has 0 aliphatic rings. The van der Waals surface area contributed by atoms with Crippen molar-refractivity contribution in [3.63, 3.8) is 0 Å². The Kier molecular flexibility index (Phi) is 8.01. The van der Waals surface area contributed by atoms with Crippen molar-refractivity contribution >= 4 is 5.91 Å². The van der Waals surface area contributed by atoms with E-state index in [1.54, 1.807) is 12.1 Å². The van der Waals surface area contributed by atoms with E-state index < -0.39 is 0 Å². The van der Waals surface area contributed by atoms with E-state index in [0.717, 1.165) is 17.7 Å². The van der Waals surface area contributed by atoms with Crippen molar-refractivity contribution in [3.8, 4) is 23.8 Å². The van der Waals surface area contributed by atoms with Crippen molar-refractivity contribution in [1.29, 1.82) is 0 Å². The van der Waals surface area contributed by atoms with Crippen LogP contribution in [-0.2, 0) is 11.2 Å². The van der Waals surface area contributed by atoms with E-state index in [1.807, 2.05) is 24.3 Å². The molecule has 5 heteroatoms. The van der Waals surface area contributed by atoms with Crippen molar-refractivity contribution in [2.45, 2.75) is 19.3 Å². The third-order valence-corrected chi connectivity index (χ3v) is 3.59. The molecule has 0 saturated carbocycles. The molecule has 26 heavy (non-hydrogen) atoms. The molecule has 0 aliphatic carbocycles. The number of terminal acetylenes is 1. The first-order valence-electron chi connectivity index (χ1n) is 8.47. The molecule has 2 rings (SSSR count). The third kappa shape index (κ3) is 7.27. The highest BCUT2D eigenvalue weighted by Gasteiger charge is 2.02. The maximum absolute atomic E-state index is 13.0. The van der Waals surface area contributed by atoms with E-state index in [0.29, 0.717) is 31.7 Å². The molecule has 136 valence electrons. The molecule has 0 spiro atoms. The van der Waals surface area contributed by atoms with Crippen LogP contribution in [0.15, 0.2) is 48.5 Å². The number of ether oxygens (including phenoxy) is 2. The van der Waals surface area contributed by atoms with Gasteiger partial charge in [0.25, 0.3) is 0 Å². The van der Waals surface area contributed by atoms with Crippen molar-refractivity contribution in [2.24, 2.45) is 0 Å². The van der Waals surface area contributed by atoms with E-state index in [2.05, 4.69) is 11.2 Å². The fraction of sp³-hybridized carbons (Fsp3) is 0.286. The Balaban J connectivity index is 1.58. The number of hydrogen-bond donors (Lipinski definition) is 1. The van der Waals surface area contributed by atoms with Gasteiger partial charge < -0.3 is 14.8 Å². The minimum absolute atomic E-state index is 0.0261. The Hall–Kier alpha value is -3.00. The highest BCUT2D eigenvalue weighted by Crippen LogP contribution is 2.13. The maximum Gasteiger partial charge on any atom is 0.220 e. The summed E-state index contributed by atoms with van der Waals surface area (Å²) in [6, 6.07) is 13.6. The number of benzene rings is 2. The van der Waals surface area contributed by atoms with Gasteiger partial charge in [-0.2, -0.15) is 0 Å². The predicted molar refractivity (Wildman–Crippen MR) is 98.6 cm³/mol. The average Bonchev–Trinajstić information content (AvgIpc) is 2.65. The Labute approximate surface area is 153 Å². The van der Waals surface area contributed by atoms with Crippen molar-refractivity contribution < 1.29 is 18.7 Å². The zero-order chi connectivity index (χ0) is 18.6. The number of carbonyl (C=O) groups is 1. The molecule has 0 bridgehead atoms. The summed E-state index contributed by atoms with van der Waals surface area (Å²) in [4.78, 5) is 11.8. The van der Waals surface area contributed by atoms with Gasteiger partial charge in [-0.1, -0.05) is 24.1 Å². The molecule has 0 atom stereocenters. The van der Waals surface area contributed by atoms with Crippen LogP contribution < -0.4 is 14.8 Å². The number of rotatable bonds is 10. The van der Waals surface area contributed by atoms with Crippen LogP contribution in [-0.4, -0.2) is 25.7 Å². The molecule has 0 aliphatic heterocycles. The predicted octanol–water partition coefficient (Wildman–Crippen LogP) is 3.36. The molecular formula is C21H22FNO3. The van der Waals surface area contributed by atoms with Gasteiger partial charge in [0.2, 0.25) is 5.91 Å². The van der Waals surface area contributed by atoms with Gasteiger partial charge in [0.1, 0.15) is 23.9 Å². The second-order valence-electron chi connectivity index (χ2n) is 5.65. The highest BCUT2D eigenvalue weighted by atomic mass is 19.1.